The van der Waals surface area contributed by atoms with Crippen LogP contribution in [0.2, 0.25) is 0 Å². The normalized spacial score (nSPS) is 11.6. The number of nitrogens with zero attached hydrogens (tertiary/aromatic N) is 2. The van der Waals surface area contributed by atoms with Crippen LogP contribution in [0.15, 0.2) is 40.7 Å². The predicted molar refractivity (Wildman–Crippen MR) is 80.6 cm³/mol. The Morgan fingerprint density at radius 1 is 1.29 bits per heavy atom. The second-order valence-electron chi connectivity index (χ2n) is 4.42. The van der Waals surface area contributed by atoms with E-state index in [0.29, 0.717) is 12.1 Å². The second kappa shape index (κ2) is 6.33. The lowest BCUT2D eigenvalue weighted by Gasteiger charge is -2.11. The van der Waals surface area contributed by atoms with E-state index in [4.69, 9.17) is 0 Å². The van der Waals surface area contributed by atoms with Gasteiger partial charge in [-0.3, -0.25) is 4.79 Å². The topological polar surface area (TPSA) is 79.4 Å². The summed E-state index contributed by atoms with van der Waals surface area (Å²) in [7, 11) is -0.549. The molecule has 0 fully saturated rings. The molecule has 6 nitrogen and oxygen atoms in total. The van der Waals surface area contributed by atoms with E-state index in [0.717, 1.165) is 9.31 Å². The van der Waals surface area contributed by atoms with E-state index < -0.39 is 10.0 Å². The van der Waals surface area contributed by atoms with Crippen LogP contribution in [0, 0.1) is 0 Å². The van der Waals surface area contributed by atoms with Crippen LogP contribution in [0.5, 0.6) is 0 Å². The van der Waals surface area contributed by atoms with Gasteiger partial charge >= 0.3 is 0 Å². The quantitative estimate of drug-likeness (QED) is 0.899. The smallest absolute Gasteiger partial charge is 0.251 e. The van der Waals surface area contributed by atoms with E-state index in [1.54, 1.807) is 6.20 Å². The highest BCUT2D eigenvalue weighted by Crippen LogP contribution is 2.14. The third kappa shape index (κ3) is 3.66. The van der Waals surface area contributed by atoms with Gasteiger partial charge in [-0.2, -0.15) is 0 Å². The van der Waals surface area contributed by atoms with Crippen molar-refractivity contribution in [2.75, 3.05) is 14.1 Å². The summed E-state index contributed by atoms with van der Waals surface area (Å²) in [6.07, 6.45) is 1.67. The number of carbonyl (C=O) groups excluding carboxylic acids is 1. The fourth-order valence-corrected chi connectivity index (χ4v) is 3.04. The zero-order valence-corrected chi connectivity index (χ0v) is 13.2. The molecule has 21 heavy (non-hydrogen) atoms. The molecular formula is C13H15N3O3S2. The number of benzene rings is 1. The minimum atomic E-state index is -3.47. The average molecular weight is 325 g/mol. The average Bonchev–Trinajstić information content (AvgIpc) is 2.98. The molecule has 1 heterocycles. The second-order valence-corrected chi connectivity index (χ2v) is 7.55. The molecule has 0 aliphatic carbocycles. The van der Waals surface area contributed by atoms with Crippen molar-refractivity contribution in [1.82, 2.24) is 14.6 Å². The Morgan fingerprint density at radius 2 is 1.95 bits per heavy atom. The number of rotatable bonds is 5. The van der Waals surface area contributed by atoms with Gasteiger partial charge in [0.25, 0.3) is 5.91 Å². The van der Waals surface area contributed by atoms with Gasteiger partial charge in [0.15, 0.2) is 0 Å². The van der Waals surface area contributed by atoms with Gasteiger partial charge in [0.1, 0.15) is 5.01 Å². The number of hydrogen-bond acceptors (Lipinski definition) is 5. The number of amides is 1. The Balaban J connectivity index is 2.07. The van der Waals surface area contributed by atoms with Gasteiger partial charge in [-0.1, -0.05) is 0 Å². The number of nitrogens with one attached hydrogen (secondary N) is 1. The lowest BCUT2D eigenvalue weighted by Crippen LogP contribution is -2.24. The van der Waals surface area contributed by atoms with Crippen molar-refractivity contribution >= 4 is 27.3 Å². The standard InChI is InChI=1S/C13H15N3O3S2/c1-16(2)21(18,19)11-5-3-10(4-6-11)13(17)15-9-12-14-7-8-20-12/h3-8H,9H2,1-2H3,(H,15,17). The number of aromatic nitrogens is 1. The zero-order valence-electron chi connectivity index (χ0n) is 11.6. The summed E-state index contributed by atoms with van der Waals surface area (Å²) >= 11 is 1.46. The summed E-state index contributed by atoms with van der Waals surface area (Å²) in [5.74, 6) is -0.265. The Labute approximate surface area is 127 Å². The lowest BCUT2D eigenvalue weighted by atomic mass is 10.2. The lowest BCUT2D eigenvalue weighted by molar-refractivity contribution is 0.0951. The molecule has 2 rings (SSSR count). The number of sulfonamides is 1. The first-order valence-electron chi connectivity index (χ1n) is 6.10. The monoisotopic (exact) mass is 325 g/mol. The molecule has 1 amide bonds. The predicted octanol–water partition coefficient (Wildman–Crippen LogP) is 1.32. The molecule has 0 unspecified atom stereocenters. The van der Waals surface area contributed by atoms with Crippen molar-refractivity contribution < 1.29 is 13.2 Å². The van der Waals surface area contributed by atoms with Crippen LogP contribution < -0.4 is 5.32 Å². The van der Waals surface area contributed by atoms with Crippen LogP contribution in [0.1, 0.15) is 15.4 Å². The Hall–Kier alpha value is -1.77. The fourth-order valence-electron chi connectivity index (χ4n) is 1.59. The molecule has 2 aromatic rings. The van der Waals surface area contributed by atoms with Crippen LogP contribution in [0.3, 0.4) is 0 Å². The van der Waals surface area contributed by atoms with Crippen molar-refractivity contribution in [2.45, 2.75) is 11.4 Å². The summed E-state index contributed by atoms with van der Waals surface area (Å²) in [5.41, 5.74) is 0.407. The van der Waals surface area contributed by atoms with E-state index in [1.165, 1.54) is 49.7 Å². The first kappa shape index (κ1) is 15.6. The molecule has 0 aliphatic heterocycles. The van der Waals surface area contributed by atoms with Crippen LogP contribution in [0.25, 0.3) is 0 Å². The molecule has 112 valence electrons. The van der Waals surface area contributed by atoms with Gasteiger partial charge in [-0.25, -0.2) is 17.7 Å². The minimum absolute atomic E-state index is 0.156. The fraction of sp³-hybridized carbons (Fsp3) is 0.231. The summed E-state index contributed by atoms with van der Waals surface area (Å²) in [6, 6.07) is 5.84. The highest BCUT2D eigenvalue weighted by molar-refractivity contribution is 7.89. The summed E-state index contributed by atoms with van der Waals surface area (Å²) in [4.78, 5) is 16.2. The first-order valence-corrected chi connectivity index (χ1v) is 8.42. The number of carbonyl (C=O) groups is 1. The molecule has 0 radical (unpaired) electrons. The maximum absolute atomic E-state index is 11.9. The maximum atomic E-state index is 11.9. The Morgan fingerprint density at radius 3 is 2.48 bits per heavy atom. The van der Waals surface area contributed by atoms with E-state index in [2.05, 4.69) is 10.3 Å². The van der Waals surface area contributed by atoms with Gasteiger partial charge in [-0.05, 0) is 24.3 Å². The van der Waals surface area contributed by atoms with Crippen molar-refractivity contribution in [3.05, 3.63) is 46.4 Å². The van der Waals surface area contributed by atoms with Gasteiger partial charge in [0, 0.05) is 31.2 Å². The highest BCUT2D eigenvalue weighted by atomic mass is 32.2. The third-order valence-electron chi connectivity index (χ3n) is 2.78. The van der Waals surface area contributed by atoms with Crippen LogP contribution >= 0.6 is 11.3 Å². The molecular weight excluding hydrogens is 310 g/mol. The number of thiazole rings is 1. The summed E-state index contributed by atoms with van der Waals surface area (Å²) in [5, 5.41) is 5.38. The molecule has 0 atom stereocenters. The van der Waals surface area contributed by atoms with Crippen molar-refractivity contribution in [3.8, 4) is 0 Å². The van der Waals surface area contributed by atoms with E-state index in [1.807, 2.05) is 5.38 Å². The van der Waals surface area contributed by atoms with Crippen LogP contribution in [-0.4, -0.2) is 37.7 Å². The van der Waals surface area contributed by atoms with Gasteiger partial charge in [0.05, 0.1) is 11.4 Å². The molecule has 1 N–H and O–H groups in total. The molecule has 1 aromatic carbocycles. The third-order valence-corrected chi connectivity index (χ3v) is 5.39. The van der Waals surface area contributed by atoms with Crippen molar-refractivity contribution in [3.63, 3.8) is 0 Å². The first-order chi connectivity index (χ1) is 9.91. The van der Waals surface area contributed by atoms with E-state index in [9.17, 15) is 13.2 Å². The Kier molecular flexibility index (Phi) is 4.71. The summed E-state index contributed by atoms with van der Waals surface area (Å²) in [6.45, 7) is 0.355. The largest absolute Gasteiger partial charge is 0.346 e. The molecule has 0 saturated carbocycles. The molecule has 0 bridgehead atoms. The summed E-state index contributed by atoms with van der Waals surface area (Å²) < 4.78 is 25.0. The highest BCUT2D eigenvalue weighted by Gasteiger charge is 2.17. The number of hydrogen-bond donors (Lipinski definition) is 1. The SMILES string of the molecule is CN(C)S(=O)(=O)c1ccc(C(=O)NCc2nccs2)cc1. The van der Waals surface area contributed by atoms with Gasteiger partial charge in [-0.15, -0.1) is 11.3 Å². The zero-order chi connectivity index (χ0) is 15.5. The van der Waals surface area contributed by atoms with Crippen molar-refractivity contribution in [2.24, 2.45) is 0 Å². The molecule has 8 heteroatoms. The van der Waals surface area contributed by atoms with Gasteiger partial charge in [0.2, 0.25) is 10.0 Å². The minimum Gasteiger partial charge on any atom is -0.346 e. The van der Waals surface area contributed by atoms with E-state index in [-0.39, 0.29) is 10.8 Å². The van der Waals surface area contributed by atoms with Gasteiger partial charge < -0.3 is 5.32 Å². The molecule has 0 aliphatic rings. The molecule has 0 saturated heterocycles. The van der Waals surface area contributed by atoms with E-state index >= 15 is 0 Å². The molecule has 0 spiro atoms. The molecule has 1 aromatic heterocycles. The van der Waals surface area contributed by atoms with Crippen LogP contribution in [-0.2, 0) is 16.6 Å². The maximum Gasteiger partial charge on any atom is 0.251 e. The van der Waals surface area contributed by atoms with Crippen molar-refractivity contribution in [1.29, 1.82) is 0 Å². The van der Waals surface area contributed by atoms with Crippen LogP contribution in [0.4, 0.5) is 0 Å². The Bertz CT molecular complexity index is 708.